The fraction of sp³-hybridized carbons (Fsp3) is 0.350. The van der Waals surface area contributed by atoms with Crippen molar-refractivity contribution in [2.75, 3.05) is 19.7 Å². The van der Waals surface area contributed by atoms with Crippen molar-refractivity contribution in [2.45, 2.75) is 26.3 Å². The highest BCUT2D eigenvalue weighted by atomic mass is 16.3. The third kappa shape index (κ3) is 5.70. The highest BCUT2D eigenvalue weighted by Crippen LogP contribution is 2.13. The summed E-state index contributed by atoms with van der Waals surface area (Å²) in [6.07, 6.45) is 0. The zero-order chi connectivity index (χ0) is 17.2. The second kappa shape index (κ2) is 9.73. The Kier molecular flexibility index (Phi) is 7.30. The van der Waals surface area contributed by atoms with Crippen LogP contribution in [0.4, 0.5) is 0 Å². The van der Waals surface area contributed by atoms with Crippen molar-refractivity contribution < 1.29 is 5.11 Å². The Morgan fingerprint density at radius 1 is 1.08 bits per heavy atom. The first-order valence-corrected chi connectivity index (χ1v) is 8.46. The van der Waals surface area contributed by atoms with Gasteiger partial charge in [-0.1, -0.05) is 60.2 Å². The average Bonchev–Trinajstić information content (AvgIpc) is 2.61. The van der Waals surface area contributed by atoms with Gasteiger partial charge in [-0.05, 0) is 25.0 Å². The second-order valence-corrected chi connectivity index (χ2v) is 5.86. The fourth-order valence-corrected chi connectivity index (χ4v) is 2.56. The largest absolute Gasteiger partial charge is 0.396 e. The lowest BCUT2D eigenvalue weighted by Gasteiger charge is -2.18. The Bertz CT molecular complexity index is 640. The highest BCUT2D eigenvalue weighted by Gasteiger charge is 2.10. The van der Waals surface area contributed by atoms with Gasteiger partial charge in [-0.3, -0.25) is 0 Å². The lowest BCUT2D eigenvalue weighted by molar-refractivity contribution is 0.265. The summed E-state index contributed by atoms with van der Waals surface area (Å²) < 4.78 is 0. The van der Waals surface area contributed by atoms with E-state index in [1.165, 1.54) is 11.1 Å². The average molecular weight is 325 g/mol. The molecule has 0 aliphatic rings. The number of aliphatic hydroxyl groups excluding tert-OH is 1. The zero-order valence-corrected chi connectivity index (χ0v) is 14.5. The van der Waals surface area contributed by atoms with E-state index in [-0.39, 0.29) is 12.5 Å². The van der Waals surface area contributed by atoms with Gasteiger partial charge in [0.05, 0.1) is 13.2 Å². The molecule has 0 saturated heterocycles. The molecule has 2 aromatic rings. The molecule has 0 saturated carbocycles. The smallest absolute Gasteiger partial charge is 0.191 e. The van der Waals surface area contributed by atoms with Crippen molar-refractivity contribution >= 4 is 5.96 Å². The van der Waals surface area contributed by atoms with Gasteiger partial charge in [0, 0.05) is 19.0 Å². The van der Waals surface area contributed by atoms with Crippen LogP contribution in [0.15, 0.2) is 59.6 Å². The normalized spacial score (nSPS) is 12.7. The Morgan fingerprint density at radius 2 is 1.88 bits per heavy atom. The molecule has 0 heterocycles. The van der Waals surface area contributed by atoms with Crippen LogP contribution in [0.5, 0.6) is 0 Å². The minimum Gasteiger partial charge on any atom is -0.396 e. The van der Waals surface area contributed by atoms with Crippen molar-refractivity contribution in [2.24, 2.45) is 4.99 Å². The maximum atomic E-state index is 9.66. The number of nitrogens with zero attached hydrogens (tertiary/aromatic N) is 1. The minimum atomic E-state index is 0.0500. The molecule has 1 atom stereocenters. The van der Waals surface area contributed by atoms with E-state index in [1.807, 2.05) is 37.3 Å². The molecule has 0 aliphatic heterocycles. The van der Waals surface area contributed by atoms with Crippen molar-refractivity contribution in [3.63, 3.8) is 0 Å². The fourth-order valence-electron chi connectivity index (χ4n) is 2.56. The van der Waals surface area contributed by atoms with Gasteiger partial charge >= 0.3 is 0 Å². The highest BCUT2D eigenvalue weighted by molar-refractivity contribution is 5.79. The quantitative estimate of drug-likeness (QED) is 0.542. The van der Waals surface area contributed by atoms with E-state index in [0.29, 0.717) is 13.1 Å². The molecular formula is C20H27N3O. The summed E-state index contributed by atoms with van der Waals surface area (Å²) in [6.45, 7) is 6.31. The summed E-state index contributed by atoms with van der Waals surface area (Å²) >= 11 is 0. The molecule has 24 heavy (non-hydrogen) atoms. The van der Waals surface area contributed by atoms with Crippen LogP contribution in [0.3, 0.4) is 0 Å². The summed E-state index contributed by atoms with van der Waals surface area (Å²) in [5, 5.41) is 16.2. The van der Waals surface area contributed by atoms with Crippen LogP contribution in [-0.2, 0) is 6.54 Å². The van der Waals surface area contributed by atoms with Gasteiger partial charge < -0.3 is 15.7 Å². The van der Waals surface area contributed by atoms with Gasteiger partial charge in [0.1, 0.15) is 0 Å². The van der Waals surface area contributed by atoms with E-state index < -0.39 is 0 Å². The molecule has 0 radical (unpaired) electrons. The van der Waals surface area contributed by atoms with Crippen LogP contribution in [-0.4, -0.2) is 30.8 Å². The Balaban J connectivity index is 1.98. The number of hydrogen-bond acceptors (Lipinski definition) is 2. The van der Waals surface area contributed by atoms with Crippen LogP contribution >= 0.6 is 0 Å². The van der Waals surface area contributed by atoms with Gasteiger partial charge in [0.25, 0.3) is 0 Å². The van der Waals surface area contributed by atoms with E-state index in [0.717, 1.165) is 18.1 Å². The Labute approximate surface area is 144 Å². The van der Waals surface area contributed by atoms with Gasteiger partial charge in [-0.15, -0.1) is 0 Å². The summed E-state index contributed by atoms with van der Waals surface area (Å²) in [7, 11) is 0. The van der Waals surface area contributed by atoms with Crippen molar-refractivity contribution in [3.05, 3.63) is 71.3 Å². The summed E-state index contributed by atoms with van der Waals surface area (Å²) in [4.78, 5) is 4.64. The van der Waals surface area contributed by atoms with E-state index >= 15 is 0 Å². The molecule has 2 aromatic carbocycles. The van der Waals surface area contributed by atoms with Crippen LogP contribution in [0, 0.1) is 6.92 Å². The van der Waals surface area contributed by atoms with Crippen molar-refractivity contribution in [3.8, 4) is 0 Å². The second-order valence-electron chi connectivity index (χ2n) is 5.86. The SMILES string of the molecule is CCNC(=NCc1cccc(C)c1)NCC(CO)c1ccccc1. The van der Waals surface area contributed by atoms with E-state index in [2.05, 4.69) is 46.8 Å². The third-order valence-electron chi connectivity index (χ3n) is 3.85. The number of hydrogen-bond donors (Lipinski definition) is 3. The van der Waals surface area contributed by atoms with Gasteiger partial charge in [0.2, 0.25) is 0 Å². The third-order valence-corrected chi connectivity index (χ3v) is 3.85. The maximum Gasteiger partial charge on any atom is 0.191 e. The zero-order valence-electron chi connectivity index (χ0n) is 14.5. The Hall–Kier alpha value is -2.33. The van der Waals surface area contributed by atoms with Gasteiger partial charge in [-0.2, -0.15) is 0 Å². The summed E-state index contributed by atoms with van der Waals surface area (Å²) in [5.74, 6) is 0.822. The number of aliphatic hydroxyl groups is 1. The molecule has 2 rings (SSSR count). The first kappa shape index (κ1) is 18.0. The monoisotopic (exact) mass is 325 g/mol. The molecule has 1 unspecified atom stereocenters. The van der Waals surface area contributed by atoms with E-state index in [4.69, 9.17) is 0 Å². The van der Waals surface area contributed by atoms with Crippen LogP contribution < -0.4 is 10.6 Å². The topological polar surface area (TPSA) is 56.7 Å². The van der Waals surface area contributed by atoms with E-state index in [9.17, 15) is 5.11 Å². The number of benzene rings is 2. The lowest BCUT2D eigenvalue weighted by Crippen LogP contribution is -2.39. The molecule has 0 aliphatic carbocycles. The lowest BCUT2D eigenvalue weighted by atomic mass is 10.0. The first-order chi connectivity index (χ1) is 11.7. The van der Waals surface area contributed by atoms with Crippen molar-refractivity contribution in [1.29, 1.82) is 0 Å². The molecular weight excluding hydrogens is 298 g/mol. The minimum absolute atomic E-state index is 0.0500. The molecule has 0 bridgehead atoms. The maximum absolute atomic E-state index is 9.66. The molecule has 4 nitrogen and oxygen atoms in total. The predicted molar refractivity (Wildman–Crippen MR) is 100 cm³/mol. The predicted octanol–water partition coefficient (Wildman–Crippen LogP) is 2.83. The van der Waals surface area contributed by atoms with Gasteiger partial charge in [0.15, 0.2) is 5.96 Å². The molecule has 3 N–H and O–H groups in total. The number of guanidine groups is 1. The number of rotatable bonds is 7. The Morgan fingerprint density at radius 3 is 2.54 bits per heavy atom. The van der Waals surface area contributed by atoms with E-state index in [1.54, 1.807) is 0 Å². The molecule has 128 valence electrons. The molecule has 0 spiro atoms. The molecule has 0 aromatic heterocycles. The molecule has 4 heteroatoms. The number of aliphatic imine (C=N–C) groups is 1. The standard InChI is InChI=1S/C20H27N3O/c1-3-21-20(22-13-17-9-7-8-16(2)12-17)23-14-19(15-24)18-10-5-4-6-11-18/h4-12,19,24H,3,13-15H2,1-2H3,(H2,21,22,23). The summed E-state index contributed by atoms with van der Waals surface area (Å²) in [5.41, 5.74) is 3.56. The van der Waals surface area contributed by atoms with Gasteiger partial charge in [-0.25, -0.2) is 4.99 Å². The van der Waals surface area contributed by atoms with Crippen LogP contribution in [0.25, 0.3) is 0 Å². The van der Waals surface area contributed by atoms with Crippen LogP contribution in [0.1, 0.15) is 29.5 Å². The number of aryl methyl sites for hydroxylation is 1. The summed E-state index contributed by atoms with van der Waals surface area (Å²) in [6, 6.07) is 18.4. The molecule has 0 amide bonds. The molecule has 0 fully saturated rings. The van der Waals surface area contributed by atoms with Crippen molar-refractivity contribution in [1.82, 2.24) is 10.6 Å². The number of nitrogens with one attached hydrogen (secondary N) is 2. The van der Waals surface area contributed by atoms with Crippen LogP contribution in [0.2, 0.25) is 0 Å². The first-order valence-electron chi connectivity index (χ1n) is 8.46.